The molecule has 0 unspecified atom stereocenters. The van der Waals surface area contributed by atoms with Crippen LogP contribution in [0.1, 0.15) is 41.8 Å². The van der Waals surface area contributed by atoms with E-state index in [1.165, 1.54) is 18.4 Å². The van der Waals surface area contributed by atoms with Crippen molar-refractivity contribution in [3.05, 3.63) is 52.9 Å². The van der Waals surface area contributed by atoms with Gasteiger partial charge in [-0.05, 0) is 38.8 Å². The normalized spacial score (nSPS) is 18.2. The van der Waals surface area contributed by atoms with Crippen LogP contribution in [0.2, 0.25) is 0 Å². The molecule has 134 valence electrons. The Morgan fingerprint density at radius 3 is 2.80 bits per heavy atom. The maximum atomic E-state index is 12.3. The maximum Gasteiger partial charge on any atom is 0.224 e. The van der Waals surface area contributed by atoms with Gasteiger partial charge in [-0.1, -0.05) is 41.9 Å². The number of nitrogens with zero attached hydrogens (tertiary/aromatic N) is 2. The number of amides is 1. The van der Waals surface area contributed by atoms with Gasteiger partial charge in [0, 0.05) is 24.7 Å². The van der Waals surface area contributed by atoms with Crippen LogP contribution in [0, 0.1) is 13.8 Å². The fourth-order valence-electron chi connectivity index (χ4n) is 3.53. The van der Waals surface area contributed by atoms with Crippen molar-refractivity contribution in [1.82, 2.24) is 15.4 Å². The molecule has 5 nitrogen and oxygen atoms in total. The third-order valence-electron chi connectivity index (χ3n) is 5.03. The molecule has 25 heavy (non-hydrogen) atoms. The quantitative estimate of drug-likeness (QED) is 0.877. The van der Waals surface area contributed by atoms with Crippen molar-refractivity contribution in [3.63, 3.8) is 0 Å². The lowest BCUT2D eigenvalue weighted by molar-refractivity contribution is -0.120. The minimum absolute atomic E-state index is 0.0413. The molecule has 2 heterocycles. The highest BCUT2D eigenvalue weighted by Gasteiger charge is 2.23. The molecule has 1 atom stereocenters. The predicted octanol–water partition coefficient (Wildman–Crippen LogP) is 3.00. The van der Waals surface area contributed by atoms with Crippen molar-refractivity contribution >= 4 is 5.91 Å². The number of rotatable bonds is 6. The zero-order chi connectivity index (χ0) is 17.6. The third kappa shape index (κ3) is 4.69. The number of carbonyl (C=O) groups excluding carboxylic acids is 1. The van der Waals surface area contributed by atoms with Crippen LogP contribution in [-0.2, 0) is 17.8 Å². The minimum atomic E-state index is 0.0413. The van der Waals surface area contributed by atoms with E-state index < -0.39 is 0 Å². The molecule has 1 aliphatic heterocycles. The number of likely N-dealkylation sites (tertiary alicyclic amines) is 1. The van der Waals surface area contributed by atoms with Crippen molar-refractivity contribution in [2.45, 2.75) is 52.1 Å². The second-order valence-electron chi connectivity index (χ2n) is 6.89. The molecule has 1 aromatic carbocycles. The number of benzene rings is 1. The number of carbonyl (C=O) groups is 1. The molecule has 2 aromatic rings. The minimum Gasteiger partial charge on any atom is -0.361 e. The molecule has 1 saturated heterocycles. The summed E-state index contributed by atoms with van der Waals surface area (Å²) in [6, 6.07) is 11.0. The molecule has 1 aromatic heterocycles. The number of hydrogen-bond acceptors (Lipinski definition) is 4. The van der Waals surface area contributed by atoms with Crippen molar-refractivity contribution in [3.8, 4) is 0 Å². The van der Waals surface area contributed by atoms with E-state index in [2.05, 4.69) is 39.6 Å². The van der Waals surface area contributed by atoms with Gasteiger partial charge in [0.05, 0.1) is 12.1 Å². The van der Waals surface area contributed by atoms with E-state index in [0.717, 1.165) is 36.5 Å². The molecule has 1 aliphatic rings. The van der Waals surface area contributed by atoms with Gasteiger partial charge in [0.15, 0.2) is 0 Å². The first-order valence-electron chi connectivity index (χ1n) is 9.10. The van der Waals surface area contributed by atoms with Gasteiger partial charge in [-0.25, -0.2) is 0 Å². The Bertz CT molecular complexity index is 677. The van der Waals surface area contributed by atoms with E-state index in [1.807, 2.05) is 19.9 Å². The zero-order valence-electron chi connectivity index (χ0n) is 15.1. The fraction of sp³-hybridized carbons (Fsp3) is 0.500. The van der Waals surface area contributed by atoms with E-state index in [-0.39, 0.29) is 5.91 Å². The lowest BCUT2D eigenvalue weighted by Gasteiger charge is -2.36. The van der Waals surface area contributed by atoms with Crippen LogP contribution in [0.15, 0.2) is 34.9 Å². The maximum absolute atomic E-state index is 12.3. The Labute approximate surface area is 149 Å². The average Bonchev–Trinajstić information content (AvgIpc) is 2.94. The first-order chi connectivity index (χ1) is 12.1. The summed E-state index contributed by atoms with van der Waals surface area (Å²) in [5.74, 6) is 0.774. The highest BCUT2D eigenvalue weighted by Crippen LogP contribution is 2.19. The second-order valence-corrected chi connectivity index (χ2v) is 6.89. The smallest absolute Gasteiger partial charge is 0.224 e. The Hall–Kier alpha value is -2.14. The van der Waals surface area contributed by atoms with Crippen LogP contribution in [0.25, 0.3) is 0 Å². The number of piperidine rings is 1. The van der Waals surface area contributed by atoms with E-state index in [0.29, 0.717) is 19.0 Å². The number of aryl methyl sites for hydroxylation is 2. The summed E-state index contributed by atoms with van der Waals surface area (Å²) in [7, 11) is 0. The summed E-state index contributed by atoms with van der Waals surface area (Å²) in [5, 5.41) is 7.03. The molecule has 1 amide bonds. The van der Waals surface area contributed by atoms with Gasteiger partial charge >= 0.3 is 0 Å². The van der Waals surface area contributed by atoms with Crippen LogP contribution in [0.3, 0.4) is 0 Å². The summed E-state index contributed by atoms with van der Waals surface area (Å²) in [4.78, 5) is 14.8. The molecule has 0 aliphatic carbocycles. The van der Waals surface area contributed by atoms with Gasteiger partial charge in [-0.2, -0.15) is 0 Å². The third-order valence-corrected chi connectivity index (χ3v) is 5.03. The summed E-state index contributed by atoms with van der Waals surface area (Å²) < 4.78 is 5.14. The van der Waals surface area contributed by atoms with Crippen molar-refractivity contribution < 1.29 is 9.32 Å². The first-order valence-corrected chi connectivity index (χ1v) is 9.10. The molecule has 0 saturated carbocycles. The molecule has 0 spiro atoms. The van der Waals surface area contributed by atoms with Gasteiger partial charge in [0.1, 0.15) is 5.76 Å². The van der Waals surface area contributed by atoms with Gasteiger partial charge < -0.3 is 9.84 Å². The average molecular weight is 341 g/mol. The van der Waals surface area contributed by atoms with Crippen LogP contribution >= 0.6 is 0 Å². The SMILES string of the molecule is Cc1noc(C)c1CC(=O)NC[C@@H]1CCCCN1Cc1ccccc1. The largest absolute Gasteiger partial charge is 0.361 e. The standard InChI is InChI=1S/C20H27N3O2/c1-15-19(16(2)25-22-15)12-20(24)21-13-18-10-6-7-11-23(18)14-17-8-4-3-5-9-17/h3-5,8-9,18H,6-7,10-14H2,1-2H3,(H,21,24)/t18-/m0/s1. The molecule has 3 rings (SSSR count). The summed E-state index contributed by atoms with van der Waals surface area (Å²) in [5.41, 5.74) is 3.04. The fourth-order valence-corrected chi connectivity index (χ4v) is 3.53. The molecule has 0 radical (unpaired) electrons. The molecule has 1 N–H and O–H groups in total. The van der Waals surface area contributed by atoms with Crippen molar-refractivity contribution in [2.75, 3.05) is 13.1 Å². The Morgan fingerprint density at radius 1 is 1.28 bits per heavy atom. The van der Waals surface area contributed by atoms with E-state index in [1.54, 1.807) is 0 Å². The predicted molar refractivity (Wildman–Crippen MR) is 97.2 cm³/mol. The molecular weight excluding hydrogens is 314 g/mol. The Balaban J connectivity index is 1.54. The van der Waals surface area contributed by atoms with E-state index in [9.17, 15) is 4.79 Å². The first kappa shape index (κ1) is 17.7. The lowest BCUT2D eigenvalue weighted by atomic mass is 10.0. The highest BCUT2D eigenvalue weighted by atomic mass is 16.5. The summed E-state index contributed by atoms with van der Waals surface area (Å²) in [6.45, 7) is 6.48. The lowest BCUT2D eigenvalue weighted by Crippen LogP contribution is -2.46. The van der Waals surface area contributed by atoms with Gasteiger partial charge in [0.2, 0.25) is 5.91 Å². The van der Waals surface area contributed by atoms with Crippen LogP contribution in [0.5, 0.6) is 0 Å². The van der Waals surface area contributed by atoms with Gasteiger partial charge in [-0.15, -0.1) is 0 Å². The van der Waals surface area contributed by atoms with Gasteiger partial charge in [-0.3, -0.25) is 9.69 Å². The second kappa shape index (κ2) is 8.30. The summed E-state index contributed by atoms with van der Waals surface area (Å²) >= 11 is 0. The molecule has 0 bridgehead atoms. The highest BCUT2D eigenvalue weighted by molar-refractivity contribution is 5.79. The van der Waals surface area contributed by atoms with E-state index >= 15 is 0 Å². The van der Waals surface area contributed by atoms with Crippen LogP contribution in [-0.4, -0.2) is 35.1 Å². The number of hydrogen-bond donors (Lipinski definition) is 1. The van der Waals surface area contributed by atoms with Crippen LogP contribution < -0.4 is 5.32 Å². The van der Waals surface area contributed by atoms with Crippen molar-refractivity contribution in [2.24, 2.45) is 0 Å². The number of nitrogens with one attached hydrogen (secondary N) is 1. The molecule has 1 fully saturated rings. The van der Waals surface area contributed by atoms with Crippen molar-refractivity contribution in [1.29, 1.82) is 0 Å². The van der Waals surface area contributed by atoms with Gasteiger partial charge in [0.25, 0.3) is 0 Å². The van der Waals surface area contributed by atoms with Crippen LogP contribution in [0.4, 0.5) is 0 Å². The molecule has 5 heteroatoms. The Kier molecular flexibility index (Phi) is 5.87. The Morgan fingerprint density at radius 2 is 2.08 bits per heavy atom. The zero-order valence-corrected chi connectivity index (χ0v) is 15.1. The number of aromatic nitrogens is 1. The monoisotopic (exact) mass is 341 g/mol. The topological polar surface area (TPSA) is 58.4 Å². The van der Waals surface area contributed by atoms with E-state index in [4.69, 9.17) is 4.52 Å². The molecular formula is C20H27N3O2. The summed E-state index contributed by atoms with van der Waals surface area (Å²) in [6.07, 6.45) is 3.94.